The summed E-state index contributed by atoms with van der Waals surface area (Å²) < 4.78 is 70.2. The molecular formula is C29H32F5N3O5. The Morgan fingerprint density at radius 1 is 1.17 bits per heavy atom. The zero-order valence-electron chi connectivity index (χ0n) is 23.1. The molecule has 0 aromatic heterocycles. The topological polar surface area (TPSA) is 119 Å². The Morgan fingerprint density at radius 2 is 1.81 bits per heavy atom. The molecule has 0 spiro atoms. The summed E-state index contributed by atoms with van der Waals surface area (Å²) in [6.45, 7) is 5.75. The average Bonchev–Trinajstić information content (AvgIpc) is 3.10. The number of nitrogens with zero attached hydrogens (tertiary/aromatic N) is 1. The van der Waals surface area contributed by atoms with Crippen LogP contribution in [0.5, 0.6) is 5.75 Å². The lowest BCUT2D eigenvalue weighted by Gasteiger charge is -2.34. The highest BCUT2D eigenvalue weighted by atomic mass is 19.4. The third-order valence-corrected chi connectivity index (χ3v) is 7.47. The molecule has 0 radical (unpaired) electrons. The van der Waals surface area contributed by atoms with E-state index in [9.17, 15) is 37.8 Å². The van der Waals surface area contributed by atoms with Crippen LogP contribution in [-0.2, 0) is 22.2 Å². The first-order valence-corrected chi connectivity index (χ1v) is 12.9. The minimum absolute atomic E-state index is 0.0260. The van der Waals surface area contributed by atoms with Gasteiger partial charge in [0.2, 0.25) is 5.91 Å². The van der Waals surface area contributed by atoms with Crippen molar-refractivity contribution >= 4 is 17.7 Å². The van der Waals surface area contributed by atoms with Crippen LogP contribution in [0.25, 0.3) is 0 Å². The predicted octanol–water partition coefficient (Wildman–Crippen LogP) is 3.60. The van der Waals surface area contributed by atoms with Crippen LogP contribution in [0.3, 0.4) is 0 Å². The van der Waals surface area contributed by atoms with E-state index in [4.69, 9.17) is 0 Å². The molecule has 1 heterocycles. The maximum Gasteiger partial charge on any atom is 0.416 e. The second-order valence-electron chi connectivity index (χ2n) is 10.7. The van der Waals surface area contributed by atoms with Gasteiger partial charge in [-0.15, -0.1) is 6.58 Å². The van der Waals surface area contributed by atoms with E-state index in [-0.39, 0.29) is 29.0 Å². The van der Waals surface area contributed by atoms with Crippen LogP contribution in [0.1, 0.15) is 40.9 Å². The summed E-state index contributed by atoms with van der Waals surface area (Å²) in [6, 6.07) is 4.64. The number of amides is 3. The highest BCUT2D eigenvalue weighted by Gasteiger charge is 2.64. The summed E-state index contributed by atoms with van der Waals surface area (Å²) in [7, 11) is 0. The quantitative estimate of drug-likeness (QED) is 0.260. The number of aliphatic hydroxyl groups is 1. The Bertz CT molecular complexity index is 1360. The van der Waals surface area contributed by atoms with E-state index in [1.807, 2.05) is 0 Å². The molecular weight excluding hydrogens is 565 g/mol. The number of likely N-dealkylation sites (tertiary alicyclic amines) is 1. The summed E-state index contributed by atoms with van der Waals surface area (Å²) in [5.41, 5.74) is -3.02. The van der Waals surface area contributed by atoms with E-state index in [1.165, 1.54) is 37.3 Å². The number of phenolic OH excluding ortho intramolecular Hbond substituents is 1. The van der Waals surface area contributed by atoms with Gasteiger partial charge in [0.25, 0.3) is 17.7 Å². The Labute approximate surface area is 239 Å². The van der Waals surface area contributed by atoms with Crippen molar-refractivity contribution in [2.24, 2.45) is 5.41 Å². The van der Waals surface area contributed by atoms with Crippen LogP contribution in [0.2, 0.25) is 0 Å². The number of benzene rings is 2. The molecule has 4 N–H and O–H groups in total. The molecule has 2 aromatic carbocycles. The number of alkyl halides is 5. The third kappa shape index (κ3) is 6.56. The fraction of sp³-hybridized carbons (Fsp3) is 0.414. The average molecular weight is 598 g/mol. The van der Waals surface area contributed by atoms with Crippen LogP contribution >= 0.6 is 0 Å². The van der Waals surface area contributed by atoms with Gasteiger partial charge in [0.15, 0.2) is 6.10 Å². The molecule has 13 heteroatoms. The van der Waals surface area contributed by atoms with E-state index in [0.29, 0.717) is 4.90 Å². The summed E-state index contributed by atoms with van der Waals surface area (Å²) in [4.78, 5) is 40.2. The highest BCUT2D eigenvalue weighted by molar-refractivity contribution is 5.97. The Balaban J connectivity index is 2.01. The first-order chi connectivity index (χ1) is 19.4. The lowest BCUT2D eigenvalue weighted by atomic mass is 9.81. The summed E-state index contributed by atoms with van der Waals surface area (Å²) in [5.74, 6) is -6.93. The number of halogens is 5. The first kappa shape index (κ1) is 32.5. The summed E-state index contributed by atoms with van der Waals surface area (Å²) >= 11 is 0. The predicted molar refractivity (Wildman–Crippen MR) is 143 cm³/mol. The van der Waals surface area contributed by atoms with Gasteiger partial charge in [0.05, 0.1) is 23.6 Å². The molecule has 3 atom stereocenters. The summed E-state index contributed by atoms with van der Waals surface area (Å²) in [5, 5.41) is 26.0. The van der Waals surface area contributed by atoms with Gasteiger partial charge in [-0.2, -0.15) is 13.2 Å². The fourth-order valence-electron chi connectivity index (χ4n) is 4.87. The van der Waals surface area contributed by atoms with Gasteiger partial charge in [-0.1, -0.05) is 44.2 Å². The standard InChI is InChI=1S/C29H32F5N3O5/c1-5-12-35-25(41)23-27(3,4)28(30,31)15-37(23)26(42)22(39)20(14-17-8-6-9-18(13-17)29(32,33)34)36-24(40)19-10-7-11-21(38)16(19)2/h5-11,13,20,22-23,38-39H,1,12,14-15H2,2-4H3,(H,35,41)(H,36,40)/t20-,22-,23+/m0/s1. The second kappa shape index (κ2) is 12.1. The van der Waals surface area contributed by atoms with E-state index in [2.05, 4.69) is 17.2 Å². The van der Waals surface area contributed by atoms with Crippen molar-refractivity contribution in [1.29, 1.82) is 0 Å². The molecule has 0 aliphatic carbocycles. The SMILES string of the molecule is C=CCNC(=O)[C@H]1N(C(=O)[C@@H](O)[C@H](Cc2cccc(C(F)(F)F)c2)NC(=O)c2cccc(O)c2C)CC(F)(F)C1(C)C. The van der Waals surface area contributed by atoms with Crippen LogP contribution in [0.4, 0.5) is 22.0 Å². The monoisotopic (exact) mass is 597 g/mol. The number of hydrogen-bond acceptors (Lipinski definition) is 5. The second-order valence-corrected chi connectivity index (χ2v) is 10.7. The summed E-state index contributed by atoms with van der Waals surface area (Å²) in [6.07, 6.45) is -6.16. The maximum absolute atomic E-state index is 15.1. The zero-order chi connectivity index (χ0) is 31.6. The van der Waals surface area contributed by atoms with Crippen molar-refractivity contribution in [3.05, 3.63) is 77.4 Å². The van der Waals surface area contributed by atoms with Crippen molar-refractivity contribution in [2.45, 2.75) is 57.5 Å². The number of carbonyl (C=O) groups is 3. The molecule has 3 rings (SSSR count). The van der Waals surface area contributed by atoms with Crippen LogP contribution < -0.4 is 10.6 Å². The number of rotatable bonds is 9. The fourth-order valence-corrected chi connectivity index (χ4v) is 4.87. The minimum atomic E-state index is -4.71. The molecule has 1 aliphatic rings. The van der Waals surface area contributed by atoms with Gasteiger partial charge in [-0.25, -0.2) is 8.78 Å². The number of aliphatic hydroxyl groups excluding tert-OH is 1. The van der Waals surface area contributed by atoms with Gasteiger partial charge >= 0.3 is 6.18 Å². The van der Waals surface area contributed by atoms with Crippen molar-refractivity contribution in [3.8, 4) is 5.75 Å². The minimum Gasteiger partial charge on any atom is -0.508 e. The maximum atomic E-state index is 15.1. The molecule has 1 aliphatic heterocycles. The van der Waals surface area contributed by atoms with E-state index < -0.39 is 72.0 Å². The normalized spacial score (nSPS) is 19.1. The van der Waals surface area contributed by atoms with Crippen LogP contribution in [-0.4, -0.2) is 70.0 Å². The van der Waals surface area contributed by atoms with Crippen molar-refractivity contribution in [3.63, 3.8) is 0 Å². The Kier molecular flexibility index (Phi) is 9.35. The molecule has 2 aromatic rings. The number of hydrogen-bond donors (Lipinski definition) is 4. The van der Waals surface area contributed by atoms with Gasteiger partial charge in [0.1, 0.15) is 11.8 Å². The molecule has 1 fully saturated rings. The van der Waals surface area contributed by atoms with Gasteiger partial charge < -0.3 is 25.7 Å². The van der Waals surface area contributed by atoms with E-state index in [1.54, 1.807) is 0 Å². The largest absolute Gasteiger partial charge is 0.508 e. The Morgan fingerprint density at radius 3 is 2.43 bits per heavy atom. The van der Waals surface area contributed by atoms with Crippen molar-refractivity contribution in [2.75, 3.05) is 13.1 Å². The van der Waals surface area contributed by atoms with Crippen molar-refractivity contribution in [1.82, 2.24) is 15.5 Å². The molecule has 3 amide bonds. The number of carbonyl (C=O) groups excluding carboxylic acids is 3. The third-order valence-electron chi connectivity index (χ3n) is 7.47. The smallest absolute Gasteiger partial charge is 0.416 e. The highest BCUT2D eigenvalue weighted by Crippen LogP contribution is 2.48. The van der Waals surface area contributed by atoms with Crippen LogP contribution in [0.15, 0.2) is 55.1 Å². The van der Waals surface area contributed by atoms with Crippen molar-refractivity contribution < 1.29 is 46.5 Å². The van der Waals surface area contributed by atoms with E-state index in [0.717, 1.165) is 32.0 Å². The Hall–Kier alpha value is -4.00. The lowest BCUT2D eigenvalue weighted by molar-refractivity contribution is -0.148. The number of aromatic hydroxyl groups is 1. The molecule has 42 heavy (non-hydrogen) atoms. The van der Waals surface area contributed by atoms with Gasteiger partial charge in [-0.05, 0) is 37.1 Å². The molecule has 1 saturated heterocycles. The zero-order valence-corrected chi connectivity index (χ0v) is 23.1. The van der Waals surface area contributed by atoms with Gasteiger partial charge in [-0.3, -0.25) is 14.4 Å². The van der Waals surface area contributed by atoms with E-state index >= 15 is 8.78 Å². The molecule has 0 unspecified atom stereocenters. The molecule has 0 bridgehead atoms. The first-order valence-electron chi connectivity index (χ1n) is 12.9. The molecule has 0 saturated carbocycles. The van der Waals surface area contributed by atoms with Gasteiger partial charge in [0, 0.05) is 17.7 Å². The number of phenols is 1. The molecule has 228 valence electrons. The molecule has 8 nitrogen and oxygen atoms in total. The number of nitrogens with one attached hydrogen (secondary N) is 2. The van der Waals surface area contributed by atoms with Crippen LogP contribution in [0, 0.1) is 12.3 Å². The lowest BCUT2D eigenvalue weighted by Crippen LogP contribution is -2.57.